The van der Waals surface area contributed by atoms with Crippen LogP contribution in [0.1, 0.15) is 41.8 Å². The molecule has 1 fully saturated rings. The number of carboxylic acid groups (broad SMARTS) is 1. The summed E-state index contributed by atoms with van der Waals surface area (Å²) in [5, 5.41) is 12.2. The number of carbonyl (C=O) groups is 1. The first kappa shape index (κ1) is 17.8. The lowest BCUT2D eigenvalue weighted by molar-refractivity contribution is -0.138. The molecular weight excluding hydrogens is 334 g/mol. The van der Waals surface area contributed by atoms with Gasteiger partial charge in [-0.15, -0.1) is 11.8 Å². The zero-order valence-electron chi connectivity index (χ0n) is 14.7. The Bertz CT molecular complexity index is 758. The Labute approximate surface area is 152 Å². The lowest BCUT2D eigenvalue weighted by Crippen LogP contribution is -2.33. The van der Waals surface area contributed by atoms with Crippen LogP contribution in [0.5, 0.6) is 11.5 Å². The molecule has 1 saturated heterocycles. The van der Waals surface area contributed by atoms with Gasteiger partial charge in [-0.1, -0.05) is 32.0 Å². The lowest BCUT2D eigenvalue weighted by atomic mass is 9.98. The second-order valence-corrected chi connectivity index (χ2v) is 7.75. The van der Waals surface area contributed by atoms with Gasteiger partial charge >= 0.3 is 5.97 Å². The molecule has 1 aliphatic heterocycles. The summed E-state index contributed by atoms with van der Waals surface area (Å²) in [6.45, 7) is 6.48. The highest BCUT2D eigenvalue weighted by molar-refractivity contribution is 7.99. The highest BCUT2D eigenvalue weighted by Crippen LogP contribution is 2.34. The van der Waals surface area contributed by atoms with Crippen LogP contribution in [-0.2, 0) is 4.79 Å². The summed E-state index contributed by atoms with van der Waals surface area (Å²) in [7, 11) is 0. The first-order valence-electron chi connectivity index (χ1n) is 8.43. The van der Waals surface area contributed by atoms with Gasteiger partial charge in [0.1, 0.15) is 17.5 Å². The van der Waals surface area contributed by atoms with Crippen molar-refractivity contribution in [2.45, 2.75) is 38.1 Å². The molecule has 0 aromatic heterocycles. The molecule has 2 atom stereocenters. The molecule has 3 rings (SSSR count). The van der Waals surface area contributed by atoms with Crippen molar-refractivity contribution in [3.63, 3.8) is 0 Å². The maximum absolute atomic E-state index is 11.0. The number of rotatable bonds is 5. The predicted molar refractivity (Wildman–Crippen MR) is 102 cm³/mol. The number of aliphatic carboxylic acids is 1. The third kappa shape index (κ3) is 4.17. The van der Waals surface area contributed by atoms with Gasteiger partial charge in [-0.05, 0) is 53.8 Å². The Kier molecular flexibility index (Phi) is 5.35. The summed E-state index contributed by atoms with van der Waals surface area (Å²) in [5.41, 5.74) is 3.63. The molecule has 0 saturated carbocycles. The maximum Gasteiger partial charge on any atom is 0.321 e. The minimum absolute atomic E-state index is 0.0164. The highest BCUT2D eigenvalue weighted by atomic mass is 32.2. The fourth-order valence-electron chi connectivity index (χ4n) is 3.01. The van der Waals surface area contributed by atoms with Gasteiger partial charge in [-0.2, -0.15) is 0 Å². The number of hydrogen-bond acceptors (Lipinski definition) is 4. The van der Waals surface area contributed by atoms with Crippen molar-refractivity contribution >= 4 is 17.7 Å². The van der Waals surface area contributed by atoms with Gasteiger partial charge in [0.25, 0.3) is 0 Å². The summed E-state index contributed by atoms with van der Waals surface area (Å²) in [6.07, 6.45) is 0. The van der Waals surface area contributed by atoms with Gasteiger partial charge in [0, 0.05) is 5.75 Å². The van der Waals surface area contributed by atoms with E-state index in [-0.39, 0.29) is 5.37 Å². The molecule has 1 heterocycles. The van der Waals surface area contributed by atoms with E-state index >= 15 is 0 Å². The van der Waals surface area contributed by atoms with Crippen molar-refractivity contribution in [2.75, 3.05) is 5.75 Å². The standard InChI is InChI=1S/C20H23NO3S/c1-12(2)17-9-8-16(10-13(17)3)24-15-6-4-14(5-7-15)19-21-18(11-25-19)20(22)23/h4-10,12,18-19,21H,11H2,1-3H3,(H,22,23). The second-order valence-electron chi connectivity index (χ2n) is 6.62. The number of thioether (sulfide) groups is 1. The van der Waals surface area contributed by atoms with E-state index in [2.05, 4.69) is 38.2 Å². The molecule has 0 aliphatic carbocycles. The maximum atomic E-state index is 11.0. The number of carboxylic acids is 1. The fourth-order valence-corrected chi connectivity index (χ4v) is 4.25. The molecule has 5 heteroatoms. The molecule has 1 aliphatic rings. The Morgan fingerprint density at radius 3 is 2.44 bits per heavy atom. The third-order valence-corrected chi connectivity index (χ3v) is 5.63. The number of aryl methyl sites for hydroxylation is 1. The van der Waals surface area contributed by atoms with Gasteiger partial charge in [-0.3, -0.25) is 10.1 Å². The van der Waals surface area contributed by atoms with E-state index in [1.165, 1.54) is 11.1 Å². The van der Waals surface area contributed by atoms with Gasteiger partial charge in [0.2, 0.25) is 0 Å². The van der Waals surface area contributed by atoms with Gasteiger partial charge in [0.05, 0.1) is 5.37 Å². The average molecular weight is 357 g/mol. The molecular formula is C20H23NO3S. The van der Waals surface area contributed by atoms with Crippen molar-refractivity contribution in [3.8, 4) is 11.5 Å². The van der Waals surface area contributed by atoms with Gasteiger partial charge in [-0.25, -0.2) is 0 Å². The normalized spacial score (nSPS) is 20.0. The summed E-state index contributed by atoms with van der Waals surface area (Å²) < 4.78 is 5.95. The molecule has 2 aromatic rings. The average Bonchev–Trinajstić information content (AvgIpc) is 3.05. The molecule has 0 spiro atoms. The number of ether oxygens (including phenoxy) is 1. The first-order chi connectivity index (χ1) is 11.9. The molecule has 0 radical (unpaired) electrons. The van der Waals surface area contributed by atoms with Crippen LogP contribution in [0.25, 0.3) is 0 Å². The van der Waals surface area contributed by atoms with Crippen LogP contribution in [-0.4, -0.2) is 22.9 Å². The Morgan fingerprint density at radius 1 is 1.20 bits per heavy atom. The Morgan fingerprint density at radius 2 is 1.88 bits per heavy atom. The van der Waals surface area contributed by atoms with Crippen LogP contribution < -0.4 is 10.1 Å². The van der Waals surface area contributed by atoms with E-state index in [1.807, 2.05) is 30.3 Å². The van der Waals surface area contributed by atoms with Crippen LogP contribution in [0.3, 0.4) is 0 Å². The van der Waals surface area contributed by atoms with E-state index < -0.39 is 12.0 Å². The largest absolute Gasteiger partial charge is 0.480 e. The van der Waals surface area contributed by atoms with E-state index in [1.54, 1.807) is 11.8 Å². The molecule has 132 valence electrons. The zero-order chi connectivity index (χ0) is 18.0. The molecule has 2 unspecified atom stereocenters. The van der Waals surface area contributed by atoms with Crippen LogP contribution in [0, 0.1) is 6.92 Å². The summed E-state index contributed by atoms with van der Waals surface area (Å²) in [5.74, 6) is 1.89. The fraction of sp³-hybridized carbons (Fsp3) is 0.350. The minimum atomic E-state index is -0.796. The van der Waals surface area contributed by atoms with Crippen molar-refractivity contribution in [1.29, 1.82) is 0 Å². The Balaban J connectivity index is 1.67. The molecule has 0 bridgehead atoms. The molecule has 2 N–H and O–H groups in total. The summed E-state index contributed by atoms with van der Waals surface area (Å²) >= 11 is 1.62. The van der Waals surface area contributed by atoms with Crippen LogP contribution in [0.2, 0.25) is 0 Å². The topological polar surface area (TPSA) is 58.6 Å². The zero-order valence-corrected chi connectivity index (χ0v) is 15.5. The number of nitrogens with one attached hydrogen (secondary N) is 1. The van der Waals surface area contributed by atoms with Gasteiger partial charge in [0.15, 0.2) is 0 Å². The minimum Gasteiger partial charge on any atom is -0.480 e. The van der Waals surface area contributed by atoms with Crippen LogP contribution in [0.4, 0.5) is 0 Å². The second kappa shape index (κ2) is 7.50. The van der Waals surface area contributed by atoms with Crippen molar-refractivity contribution in [1.82, 2.24) is 5.32 Å². The molecule has 25 heavy (non-hydrogen) atoms. The smallest absolute Gasteiger partial charge is 0.321 e. The molecule has 4 nitrogen and oxygen atoms in total. The quantitative estimate of drug-likeness (QED) is 0.812. The SMILES string of the molecule is Cc1cc(Oc2ccc(C3NC(C(=O)O)CS3)cc2)ccc1C(C)C. The number of benzene rings is 2. The third-order valence-electron chi connectivity index (χ3n) is 4.36. The van der Waals surface area contributed by atoms with Crippen molar-refractivity contribution in [2.24, 2.45) is 0 Å². The summed E-state index contributed by atoms with van der Waals surface area (Å²) in [6, 6.07) is 13.5. The predicted octanol–water partition coefficient (Wildman–Crippen LogP) is 4.70. The first-order valence-corrected chi connectivity index (χ1v) is 9.47. The van der Waals surface area contributed by atoms with E-state index in [0.29, 0.717) is 11.7 Å². The van der Waals surface area contributed by atoms with Gasteiger partial charge < -0.3 is 9.84 Å². The van der Waals surface area contributed by atoms with Crippen LogP contribution >= 0.6 is 11.8 Å². The monoisotopic (exact) mass is 357 g/mol. The van der Waals surface area contributed by atoms with E-state index in [4.69, 9.17) is 9.84 Å². The molecule has 0 amide bonds. The van der Waals surface area contributed by atoms with E-state index in [0.717, 1.165) is 17.1 Å². The van der Waals surface area contributed by atoms with Crippen molar-refractivity contribution < 1.29 is 14.6 Å². The lowest BCUT2D eigenvalue weighted by Gasteiger charge is -2.14. The Hall–Kier alpha value is -1.98. The van der Waals surface area contributed by atoms with Crippen molar-refractivity contribution in [3.05, 3.63) is 59.2 Å². The number of hydrogen-bond donors (Lipinski definition) is 2. The summed E-state index contributed by atoms with van der Waals surface area (Å²) in [4.78, 5) is 11.0. The highest BCUT2D eigenvalue weighted by Gasteiger charge is 2.30. The van der Waals surface area contributed by atoms with E-state index in [9.17, 15) is 4.79 Å². The van der Waals surface area contributed by atoms with Crippen LogP contribution in [0.15, 0.2) is 42.5 Å². The molecule has 2 aromatic carbocycles.